The maximum atomic E-state index is 12.1. The summed E-state index contributed by atoms with van der Waals surface area (Å²) >= 11 is 0. The van der Waals surface area contributed by atoms with Gasteiger partial charge in [0.05, 0.1) is 70.7 Å². The summed E-state index contributed by atoms with van der Waals surface area (Å²) in [7, 11) is -27.5. The van der Waals surface area contributed by atoms with Crippen molar-refractivity contribution in [3.8, 4) is 0 Å². The number of ether oxygens (including phenoxy) is 11. The van der Waals surface area contributed by atoms with E-state index in [-0.39, 0.29) is 0 Å². The van der Waals surface area contributed by atoms with E-state index >= 15 is 0 Å². The zero-order valence-corrected chi connectivity index (χ0v) is 49.1. The first-order valence-electron chi connectivity index (χ1n) is 25.5. The Bertz CT molecular complexity index is 2820. The molecule has 6 saturated heterocycles. The number of aliphatic hydroxyl groups excluding tert-OH is 13. The molecule has 0 bridgehead atoms. The Morgan fingerprint density at radius 2 is 0.602 bits per heavy atom. The molecule has 0 aromatic rings. The third-order valence-electron chi connectivity index (χ3n) is 14.5. The molecule has 0 radical (unpaired) electrons. The summed E-state index contributed by atoms with van der Waals surface area (Å²) in [4.78, 5) is 0. The average Bonchev–Trinajstić information content (AvgIpc) is 2.26. The Kier molecular flexibility index (Phi) is 26.1. The van der Waals surface area contributed by atoms with E-state index in [2.05, 4.69) is 16.7 Å². The molecule has 0 spiro atoms. The number of rotatable bonds is 27. The van der Waals surface area contributed by atoms with Crippen molar-refractivity contribution in [2.45, 2.75) is 180 Å². The van der Waals surface area contributed by atoms with Crippen LogP contribution in [0.5, 0.6) is 0 Å². The van der Waals surface area contributed by atoms with Crippen LogP contribution in [0.4, 0.5) is 0 Å². The second-order valence-electron chi connectivity index (χ2n) is 20.5. The SMILES string of the molecule is CC1O[C@@H](OC[C@H]2C(C)O[C@@H](OCC3C(O)[C@H](OC[C@H]4C(CO[C@@H]5OC(CO[C@@H]6OC(CO)[C@H](O)C(OS(=O)(=O)O)C6O)[C@H](O)C(OS(=O)(=O)O)C5O)OC(O)C(O)C4OS(=O)(=O)O)OC(CO)[C@@H]3O)C(O)C2OS(=O)(=O)O)C(O)C(OS(=O)(=O)O)[C@H]1O. The summed E-state index contributed by atoms with van der Waals surface area (Å²) < 4.78 is 248. The van der Waals surface area contributed by atoms with Crippen LogP contribution in [0.15, 0.2) is 0 Å². The van der Waals surface area contributed by atoms with Crippen LogP contribution in [-0.4, -0.2) is 343 Å². The van der Waals surface area contributed by atoms with Crippen LogP contribution in [0.1, 0.15) is 13.8 Å². The van der Waals surface area contributed by atoms with Gasteiger partial charge < -0.3 is 118 Å². The van der Waals surface area contributed by atoms with Gasteiger partial charge in [-0.25, -0.2) is 20.9 Å². The Morgan fingerprint density at radius 1 is 0.295 bits per heavy atom. The molecule has 0 aliphatic carbocycles. The van der Waals surface area contributed by atoms with E-state index in [4.69, 9.17) is 60.8 Å². The first-order valence-corrected chi connectivity index (χ1v) is 32.4. The van der Waals surface area contributed by atoms with Crippen LogP contribution in [0.25, 0.3) is 0 Å². The highest BCUT2D eigenvalue weighted by atomic mass is 32.3. The molecule has 0 amide bonds. The van der Waals surface area contributed by atoms with Gasteiger partial charge in [-0.1, -0.05) is 0 Å². The van der Waals surface area contributed by atoms with Gasteiger partial charge in [-0.15, -0.1) is 0 Å². The minimum absolute atomic E-state index is 0.842. The van der Waals surface area contributed by atoms with Crippen LogP contribution in [0.3, 0.4) is 0 Å². The van der Waals surface area contributed by atoms with Crippen molar-refractivity contribution in [2.75, 3.05) is 46.2 Å². The standard InChI is InChI=1S/C39H68O44S5/c1-10-12(5-68-37-26(49)31(81-86(59,60)61)19(42)11(2)74-37)29(79-84(53,54)55)25(48)36(73-10)70-7-14-20(43)15(3-40)76-35(21(14)44)69-6-13-17(75-34(52)24(47)30(13)80-85(56,57)58)8-71-39-28(51)33(83-88(65,66)67)23(46)18(78-39)9-72-38-27(50)32(82-87(62,63)64)22(45)16(4-41)77-38/h10-52H,3-9H2,1-2H3,(H,53,54,55)(H,56,57,58)(H,59,60,61)(H,62,63,64)(H,65,66,67)/t10?,11?,12-,13-,14?,15?,16?,17?,18?,19-,20+,21?,22-,23-,24?,25?,26?,27?,28?,29?,30?,31?,32?,33?,34?,35+,36+,37+,38+,39+/m0/s1. The van der Waals surface area contributed by atoms with Crippen molar-refractivity contribution in [1.29, 1.82) is 0 Å². The third kappa shape index (κ3) is 19.7. The van der Waals surface area contributed by atoms with Gasteiger partial charge >= 0.3 is 52.0 Å². The second-order valence-corrected chi connectivity index (χ2v) is 25.7. The summed E-state index contributed by atoms with van der Waals surface area (Å²) in [6.07, 6.45) is -57.2. The van der Waals surface area contributed by atoms with E-state index in [0.717, 1.165) is 0 Å². The molecular weight excluding hydrogens is 1330 g/mol. The Morgan fingerprint density at radius 3 is 1.05 bits per heavy atom. The molecule has 0 aromatic heterocycles. The minimum atomic E-state index is -5.65. The third-order valence-corrected chi connectivity index (χ3v) is 16.8. The molecule has 6 rings (SSSR count). The Labute approximate surface area is 498 Å². The van der Waals surface area contributed by atoms with Crippen molar-refractivity contribution in [3.63, 3.8) is 0 Å². The molecular formula is C39H68O44S5. The van der Waals surface area contributed by atoms with Crippen LogP contribution in [0, 0.1) is 17.8 Å². The minimum Gasteiger partial charge on any atom is -0.394 e. The number of hydrogen-bond acceptors (Lipinski definition) is 39. The van der Waals surface area contributed by atoms with Crippen LogP contribution < -0.4 is 0 Å². The van der Waals surface area contributed by atoms with Crippen molar-refractivity contribution in [3.05, 3.63) is 0 Å². The summed E-state index contributed by atoms with van der Waals surface area (Å²) in [6, 6.07) is 0. The van der Waals surface area contributed by atoms with Gasteiger partial charge in [-0.2, -0.15) is 42.1 Å². The summed E-state index contributed by atoms with van der Waals surface area (Å²) in [6.45, 7) is -5.12. The molecule has 6 fully saturated rings. The van der Waals surface area contributed by atoms with Gasteiger partial charge in [0.1, 0.15) is 104 Å². The number of aliphatic hydroxyl groups is 13. The average molecular weight is 1400 g/mol. The lowest BCUT2D eigenvalue weighted by Crippen LogP contribution is -2.63. The van der Waals surface area contributed by atoms with Gasteiger partial charge in [0, 0.05) is 17.8 Å². The van der Waals surface area contributed by atoms with Gasteiger partial charge in [-0.3, -0.25) is 22.8 Å². The van der Waals surface area contributed by atoms with Crippen LogP contribution >= 0.6 is 0 Å². The van der Waals surface area contributed by atoms with E-state index in [1.165, 1.54) is 13.8 Å². The normalized spacial score (nSPS) is 44.4. The fourth-order valence-corrected chi connectivity index (χ4v) is 12.7. The molecule has 18 N–H and O–H groups in total. The molecule has 49 heteroatoms. The van der Waals surface area contributed by atoms with E-state index in [1.807, 2.05) is 0 Å². The highest BCUT2D eigenvalue weighted by Crippen LogP contribution is 2.37. The van der Waals surface area contributed by atoms with Crippen molar-refractivity contribution < 1.29 is 204 Å². The predicted molar refractivity (Wildman–Crippen MR) is 262 cm³/mol. The van der Waals surface area contributed by atoms with Gasteiger partial charge in [0.2, 0.25) is 0 Å². The molecule has 88 heavy (non-hydrogen) atoms. The number of hydrogen-bond donors (Lipinski definition) is 18. The molecule has 6 heterocycles. The van der Waals surface area contributed by atoms with Gasteiger partial charge in [-0.05, 0) is 13.8 Å². The fourth-order valence-electron chi connectivity index (χ4n) is 10.1. The monoisotopic (exact) mass is 1400 g/mol. The molecule has 6 aliphatic heterocycles. The van der Waals surface area contributed by atoms with Gasteiger partial charge in [0.15, 0.2) is 37.7 Å². The first kappa shape index (κ1) is 75.4. The highest BCUT2D eigenvalue weighted by Gasteiger charge is 2.56. The maximum absolute atomic E-state index is 12.1. The van der Waals surface area contributed by atoms with Crippen LogP contribution in [-0.2, 0) is 125 Å². The zero-order valence-electron chi connectivity index (χ0n) is 45.0. The molecule has 0 saturated carbocycles. The Hall–Kier alpha value is -1.61. The Balaban J connectivity index is 1.18. The molecule has 518 valence electrons. The summed E-state index contributed by atoms with van der Waals surface area (Å²) in [5.74, 6) is -5.19. The second kappa shape index (κ2) is 30.4. The summed E-state index contributed by atoms with van der Waals surface area (Å²) in [5.41, 5.74) is 0. The maximum Gasteiger partial charge on any atom is 0.397 e. The molecule has 0 aromatic carbocycles. The molecule has 30 atom stereocenters. The van der Waals surface area contributed by atoms with Gasteiger partial charge in [0.25, 0.3) is 0 Å². The van der Waals surface area contributed by atoms with E-state index < -0.39 is 282 Å². The van der Waals surface area contributed by atoms with Crippen molar-refractivity contribution in [2.24, 2.45) is 17.8 Å². The first-order chi connectivity index (χ1) is 40.5. The quantitative estimate of drug-likeness (QED) is 0.0340. The zero-order chi connectivity index (χ0) is 66.1. The van der Waals surface area contributed by atoms with Crippen molar-refractivity contribution in [1.82, 2.24) is 0 Å². The topological polar surface area (TPSA) is 683 Å². The molecule has 6 aliphatic rings. The van der Waals surface area contributed by atoms with Crippen molar-refractivity contribution >= 4 is 52.0 Å². The summed E-state index contributed by atoms with van der Waals surface area (Å²) in [5, 5.41) is 140. The molecule has 19 unspecified atom stereocenters. The predicted octanol–water partition coefficient (Wildman–Crippen LogP) is -12.2. The largest absolute Gasteiger partial charge is 0.397 e. The lowest BCUT2D eigenvalue weighted by molar-refractivity contribution is -0.340. The van der Waals surface area contributed by atoms with E-state index in [9.17, 15) is 127 Å². The fraction of sp³-hybridized carbons (Fsp3) is 1.00. The highest BCUT2D eigenvalue weighted by molar-refractivity contribution is 7.81. The smallest absolute Gasteiger partial charge is 0.394 e. The van der Waals surface area contributed by atoms with Crippen LogP contribution in [0.2, 0.25) is 0 Å². The van der Waals surface area contributed by atoms with E-state index in [0.29, 0.717) is 0 Å². The lowest BCUT2D eigenvalue weighted by atomic mass is 9.88. The van der Waals surface area contributed by atoms with E-state index in [1.54, 1.807) is 0 Å². The molecule has 44 nitrogen and oxygen atoms in total. The lowest BCUT2D eigenvalue weighted by Gasteiger charge is -2.46.